The number of alkyl halides is 1. The first kappa shape index (κ1) is 12.8. The van der Waals surface area contributed by atoms with E-state index in [0.717, 1.165) is 37.4 Å². The van der Waals surface area contributed by atoms with Gasteiger partial charge in [-0.2, -0.15) is 4.68 Å². The lowest BCUT2D eigenvalue weighted by Gasteiger charge is -2.06. The SMILES string of the molecule is ClCCCCCNc1nnnn1-c1ccccc1. The fourth-order valence-electron chi connectivity index (χ4n) is 1.64. The Morgan fingerprint density at radius 2 is 1.94 bits per heavy atom. The Kier molecular flexibility index (Phi) is 4.96. The molecule has 96 valence electrons. The number of nitrogens with zero attached hydrogens (tertiary/aromatic N) is 4. The number of anilines is 1. The Morgan fingerprint density at radius 1 is 1.11 bits per heavy atom. The quantitative estimate of drug-likeness (QED) is 0.617. The lowest BCUT2D eigenvalue weighted by molar-refractivity contribution is 0.739. The summed E-state index contributed by atoms with van der Waals surface area (Å²) in [4.78, 5) is 0. The van der Waals surface area contributed by atoms with E-state index in [4.69, 9.17) is 11.6 Å². The molecule has 1 heterocycles. The van der Waals surface area contributed by atoms with E-state index in [9.17, 15) is 0 Å². The van der Waals surface area contributed by atoms with Gasteiger partial charge in [0, 0.05) is 12.4 Å². The van der Waals surface area contributed by atoms with Crippen molar-refractivity contribution in [2.24, 2.45) is 0 Å². The molecular formula is C12H16ClN5. The number of nitrogens with one attached hydrogen (secondary N) is 1. The van der Waals surface area contributed by atoms with Gasteiger partial charge in [0.1, 0.15) is 0 Å². The Bertz CT molecular complexity index is 457. The molecule has 5 nitrogen and oxygen atoms in total. The highest BCUT2D eigenvalue weighted by atomic mass is 35.5. The van der Waals surface area contributed by atoms with Gasteiger partial charge in [-0.05, 0) is 35.4 Å². The third-order valence-electron chi connectivity index (χ3n) is 2.56. The minimum atomic E-state index is 0.673. The zero-order chi connectivity index (χ0) is 12.6. The van der Waals surface area contributed by atoms with Gasteiger partial charge in [0.05, 0.1) is 5.69 Å². The summed E-state index contributed by atoms with van der Waals surface area (Å²) in [6.45, 7) is 0.851. The van der Waals surface area contributed by atoms with Crippen LogP contribution < -0.4 is 5.32 Å². The van der Waals surface area contributed by atoms with Crippen LogP contribution in [0.15, 0.2) is 30.3 Å². The number of tetrazole rings is 1. The molecule has 0 amide bonds. The van der Waals surface area contributed by atoms with E-state index < -0.39 is 0 Å². The molecule has 0 aliphatic rings. The fourth-order valence-corrected chi connectivity index (χ4v) is 1.83. The van der Waals surface area contributed by atoms with Crippen LogP contribution in [0.1, 0.15) is 19.3 Å². The molecule has 0 atom stereocenters. The van der Waals surface area contributed by atoms with Crippen LogP contribution in [0.25, 0.3) is 5.69 Å². The van der Waals surface area contributed by atoms with Gasteiger partial charge in [0.25, 0.3) is 0 Å². The minimum absolute atomic E-state index is 0.673. The maximum atomic E-state index is 5.63. The number of aromatic nitrogens is 4. The summed E-state index contributed by atoms with van der Waals surface area (Å²) < 4.78 is 1.70. The van der Waals surface area contributed by atoms with Gasteiger partial charge in [-0.3, -0.25) is 0 Å². The number of unbranched alkanes of at least 4 members (excludes halogenated alkanes) is 2. The maximum absolute atomic E-state index is 5.63. The Morgan fingerprint density at radius 3 is 2.72 bits per heavy atom. The molecular weight excluding hydrogens is 250 g/mol. The summed E-state index contributed by atoms with van der Waals surface area (Å²) in [5.41, 5.74) is 0.950. The molecule has 0 saturated carbocycles. The average molecular weight is 266 g/mol. The molecule has 0 spiro atoms. The lowest BCUT2D eigenvalue weighted by atomic mass is 10.2. The van der Waals surface area contributed by atoms with E-state index in [-0.39, 0.29) is 0 Å². The van der Waals surface area contributed by atoms with Crippen molar-refractivity contribution in [1.82, 2.24) is 20.2 Å². The predicted octanol–water partition coefficient (Wildman–Crippen LogP) is 2.48. The van der Waals surface area contributed by atoms with Crippen LogP contribution in [0.3, 0.4) is 0 Å². The largest absolute Gasteiger partial charge is 0.353 e. The second-order valence-electron chi connectivity index (χ2n) is 3.93. The Labute approximate surface area is 111 Å². The van der Waals surface area contributed by atoms with Crippen molar-refractivity contribution in [1.29, 1.82) is 0 Å². The van der Waals surface area contributed by atoms with Crippen LogP contribution in [0.4, 0.5) is 5.95 Å². The Hall–Kier alpha value is -1.62. The van der Waals surface area contributed by atoms with Crippen molar-refractivity contribution in [2.45, 2.75) is 19.3 Å². The van der Waals surface area contributed by atoms with E-state index in [1.54, 1.807) is 4.68 Å². The molecule has 2 aromatic rings. The lowest BCUT2D eigenvalue weighted by Crippen LogP contribution is -2.08. The van der Waals surface area contributed by atoms with E-state index in [1.165, 1.54) is 0 Å². The molecule has 0 unspecified atom stereocenters. The highest BCUT2D eigenvalue weighted by molar-refractivity contribution is 6.17. The number of halogens is 1. The molecule has 1 aromatic heterocycles. The number of rotatable bonds is 7. The van der Waals surface area contributed by atoms with Crippen LogP contribution in [-0.4, -0.2) is 32.6 Å². The van der Waals surface area contributed by atoms with Crippen molar-refractivity contribution >= 4 is 17.5 Å². The molecule has 0 radical (unpaired) electrons. The minimum Gasteiger partial charge on any atom is -0.353 e. The van der Waals surface area contributed by atoms with Crippen LogP contribution >= 0.6 is 11.6 Å². The van der Waals surface area contributed by atoms with Gasteiger partial charge in [-0.15, -0.1) is 11.6 Å². The first-order valence-electron chi connectivity index (χ1n) is 6.05. The van der Waals surface area contributed by atoms with Crippen molar-refractivity contribution < 1.29 is 0 Å². The van der Waals surface area contributed by atoms with Crippen LogP contribution in [-0.2, 0) is 0 Å². The van der Waals surface area contributed by atoms with Crippen molar-refractivity contribution in [2.75, 3.05) is 17.7 Å². The zero-order valence-corrected chi connectivity index (χ0v) is 10.8. The molecule has 0 aliphatic carbocycles. The summed E-state index contributed by atoms with van der Waals surface area (Å²) in [5.74, 6) is 1.40. The van der Waals surface area contributed by atoms with Gasteiger partial charge in [0.15, 0.2) is 0 Å². The molecule has 0 fully saturated rings. The fraction of sp³-hybridized carbons (Fsp3) is 0.417. The van der Waals surface area contributed by atoms with Crippen molar-refractivity contribution in [3.05, 3.63) is 30.3 Å². The third-order valence-corrected chi connectivity index (χ3v) is 2.83. The molecule has 1 aromatic carbocycles. The van der Waals surface area contributed by atoms with E-state index in [2.05, 4.69) is 20.8 Å². The Balaban J connectivity index is 1.92. The summed E-state index contributed by atoms with van der Waals surface area (Å²) in [6.07, 6.45) is 3.23. The van der Waals surface area contributed by atoms with E-state index in [0.29, 0.717) is 5.95 Å². The summed E-state index contributed by atoms with van der Waals surface area (Å²) in [6, 6.07) is 9.82. The van der Waals surface area contributed by atoms with E-state index >= 15 is 0 Å². The zero-order valence-electron chi connectivity index (χ0n) is 10.1. The first-order chi connectivity index (χ1) is 8.92. The second kappa shape index (κ2) is 6.96. The number of hydrogen-bond donors (Lipinski definition) is 1. The molecule has 18 heavy (non-hydrogen) atoms. The summed E-state index contributed by atoms with van der Waals surface area (Å²) in [7, 11) is 0. The molecule has 0 bridgehead atoms. The smallest absolute Gasteiger partial charge is 0.247 e. The third kappa shape index (κ3) is 3.43. The first-order valence-corrected chi connectivity index (χ1v) is 6.59. The van der Waals surface area contributed by atoms with Crippen LogP contribution in [0.5, 0.6) is 0 Å². The van der Waals surface area contributed by atoms with Crippen molar-refractivity contribution in [3.63, 3.8) is 0 Å². The van der Waals surface area contributed by atoms with Gasteiger partial charge in [0.2, 0.25) is 5.95 Å². The summed E-state index contributed by atoms with van der Waals surface area (Å²) >= 11 is 5.63. The maximum Gasteiger partial charge on any atom is 0.247 e. The van der Waals surface area contributed by atoms with Gasteiger partial charge in [-0.1, -0.05) is 29.7 Å². The normalized spacial score (nSPS) is 10.5. The molecule has 2 rings (SSSR count). The standard InChI is InChI=1S/C12H16ClN5/c13-9-5-2-6-10-14-12-15-16-17-18(12)11-7-3-1-4-8-11/h1,3-4,7-8H,2,5-6,9-10H2,(H,14,15,17). The van der Waals surface area contributed by atoms with E-state index in [1.807, 2.05) is 30.3 Å². The molecule has 6 heteroatoms. The highest BCUT2D eigenvalue weighted by Crippen LogP contribution is 2.10. The van der Waals surface area contributed by atoms with Gasteiger partial charge < -0.3 is 5.32 Å². The average Bonchev–Trinajstić information content (AvgIpc) is 2.88. The second-order valence-corrected chi connectivity index (χ2v) is 4.30. The molecule has 0 aliphatic heterocycles. The molecule has 0 saturated heterocycles. The number of hydrogen-bond acceptors (Lipinski definition) is 4. The number of para-hydroxylation sites is 1. The van der Waals surface area contributed by atoms with Gasteiger partial charge >= 0.3 is 0 Å². The number of benzene rings is 1. The van der Waals surface area contributed by atoms with Gasteiger partial charge in [-0.25, -0.2) is 0 Å². The monoisotopic (exact) mass is 265 g/mol. The highest BCUT2D eigenvalue weighted by Gasteiger charge is 2.06. The van der Waals surface area contributed by atoms with Crippen LogP contribution in [0.2, 0.25) is 0 Å². The summed E-state index contributed by atoms with van der Waals surface area (Å²) in [5, 5.41) is 14.9. The predicted molar refractivity (Wildman–Crippen MR) is 72.2 cm³/mol. The van der Waals surface area contributed by atoms with Crippen LogP contribution in [0, 0.1) is 0 Å². The molecule has 1 N–H and O–H groups in total. The topological polar surface area (TPSA) is 55.6 Å². The van der Waals surface area contributed by atoms with Crippen molar-refractivity contribution in [3.8, 4) is 5.69 Å².